The Kier molecular flexibility index (Phi) is 5.97. The molecule has 1 amide bonds. The minimum atomic E-state index is -4.83. The molecule has 34 heavy (non-hydrogen) atoms. The summed E-state index contributed by atoms with van der Waals surface area (Å²) in [4.78, 5) is 14.6. The first-order valence-corrected chi connectivity index (χ1v) is 10.4. The van der Waals surface area contributed by atoms with Crippen LogP contribution in [0.5, 0.6) is 0 Å². The van der Waals surface area contributed by atoms with Gasteiger partial charge in [0.1, 0.15) is 11.4 Å². The molecule has 0 unspecified atom stereocenters. The Balaban J connectivity index is 1.95. The highest BCUT2D eigenvalue weighted by Crippen LogP contribution is 2.42. The summed E-state index contributed by atoms with van der Waals surface area (Å²) in [7, 11) is 0. The second kappa shape index (κ2) is 8.50. The number of nitrogens with zero attached hydrogens (tertiary/aromatic N) is 2. The number of hydrogen-bond acceptors (Lipinski definition) is 2. The molecular formula is C24H20F6N2O2. The number of benzene rings is 2. The Hall–Kier alpha value is -3.27. The lowest BCUT2D eigenvalue weighted by atomic mass is 9.98. The molecule has 2 heterocycles. The number of halogens is 6. The summed E-state index contributed by atoms with van der Waals surface area (Å²) < 4.78 is 82.7. The zero-order valence-electron chi connectivity index (χ0n) is 17.9. The number of carbonyl (C=O) groups excluding carboxylic acids is 1. The van der Waals surface area contributed by atoms with Crippen LogP contribution in [0.25, 0.3) is 11.1 Å². The van der Waals surface area contributed by atoms with Crippen molar-refractivity contribution in [3.8, 4) is 11.1 Å². The highest BCUT2D eigenvalue weighted by molar-refractivity contribution is 6.01. The van der Waals surface area contributed by atoms with Gasteiger partial charge in [0, 0.05) is 25.2 Å². The molecule has 1 aromatic heterocycles. The van der Waals surface area contributed by atoms with Crippen molar-refractivity contribution in [3.63, 3.8) is 0 Å². The van der Waals surface area contributed by atoms with Crippen LogP contribution in [0.1, 0.15) is 32.9 Å². The third-order valence-electron chi connectivity index (χ3n) is 5.81. The van der Waals surface area contributed by atoms with Crippen LogP contribution in [0.2, 0.25) is 0 Å². The SMILES string of the molecule is Cc1c(-c2ccc(C(F)(F)F)cc2)c(C(=O)N2CC(O)C2)n(Cc2ccccc2)c1C(F)(F)F. The Morgan fingerprint density at radius 1 is 0.941 bits per heavy atom. The van der Waals surface area contributed by atoms with Gasteiger partial charge in [-0.25, -0.2) is 0 Å². The van der Waals surface area contributed by atoms with Gasteiger partial charge in [-0.15, -0.1) is 0 Å². The average molecular weight is 482 g/mol. The molecule has 1 fully saturated rings. The molecule has 1 saturated heterocycles. The van der Waals surface area contributed by atoms with Crippen LogP contribution in [0.3, 0.4) is 0 Å². The van der Waals surface area contributed by atoms with E-state index < -0.39 is 35.6 Å². The van der Waals surface area contributed by atoms with Gasteiger partial charge >= 0.3 is 12.4 Å². The third kappa shape index (κ3) is 4.42. The van der Waals surface area contributed by atoms with Crippen molar-refractivity contribution >= 4 is 5.91 Å². The number of aliphatic hydroxyl groups excluding tert-OH is 1. The fraction of sp³-hybridized carbons (Fsp3) is 0.292. The molecule has 1 aliphatic rings. The second-order valence-electron chi connectivity index (χ2n) is 8.21. The van der Waals surface area contributed by atoms with Gasteiger partial charge in [-0.05, 0) is 35.7 Å². The van der Waals surface area contributed by atoms with E-state index in [-0.39, 0.29) is 42.0 Å². The Bertz CT molecular complexity index is 1190. The first-order valence-electron chi connectivity index (χ1n) is 10.4. The molecule has 1 N–H and O–H groups in total. The Morgan fingerprint density at radius 2 is 1.53 bits per heavy atom. The number of carbonyl (C=O) groups is 1. The smallest absolute Gasteiger partial charge is 0.389 e. The summed E-state index contributed by atoms with van der Waals surface area (Å²) in [5.74, 6) is -0.727. The minimum Gasteiger partial charge on any atom is -0.389 e. The molecule has 0 radical (unpaired) electrons. The highest BCUT2D eigenvalue weighted by atomic mass is 19.4. The highest BCUT2D eigenvalue weighted by Gasteiger charge is 2.43. The average Bonchev–Trinajstić information content (AvgIpc) is 3.03. The molecule has 10 heteroatoms. The van der Waals surface area contributed by atoms with Crippen LogP contribution in [0.4, 0.5) is 26.3 Å². The van der Waals surface area contributed by atoms with Gasteiger partial charge in [-0.2, -0.15) is 26.3 Å². The molecular weight excluding hydrogens is 462 g/mol. The van der Waals surface area contributed by atoms with Crippen molar-refractivity contribution in [2.24, 2.45) is 0 Å². The zero-order chi connectivity index (χ0) is 24.8. The molecule has 0 bridgehead atoms. The van der Waals surface area contributed by atoms with Crippen molar-refractivity contribution in [2.45, 2.75) is 31.9 Å². The molecule has 3 aromatic rings. The normalized spacial score (nSPS) is 14.9. The molecule has 0 atom stereocenters. The molecule has 180 valence electrons. The van der Waals surface area contributed by atoms with Gasteiger partial charge < -0.3 is 14.6 Å². The van der Waals surface area contributed by atoms with Gasteiger partial charge in [0.05, 0.1) is 11.7 Å². The van der Waals surface area contributed by atoms with Crippen LogP contribution < -0.4 is 0 Å². The van der Waals surface area contributed by atoms with E-state index in [0.29, 0.717) is 5.56 Å². The largest absolute Gasteiger partial charge is 0.431 e. The van der Waals surface area contributed by atoms with E-state index in [2.05, 4.69) is 0 Å². The molecule has 1 aliphatic heterocycles. The number of aliphatic hydroxyl groups is 1. The Labute approximate surface area is 191 Å². The summed E-state index contributed by atoms with van der Waals surface area (Å²) in [6, 6.07) is 11.9. The number of aromatic nitrogens is 1. The fourth-order valence-corrected chi connectivity index (χ4v) is 4.21. The van der Waals surface area contributed by atoms with Crippen LogP contribution in [0, 0.1) is 6.92 Å². The molecule has 2 aromatic carbocycles. The number of hydrogen-bond donors (Lipinski definition) is 1. The van der Waals surface area contributed by atoms with Crippen LogP contribution in [-0.4, -0.2) is 39.7 Å². The van der Waals surface area contributed by atoms with Crippen LogP contribution in [-0.2, 0) is 18.9 Å². The van der Waals surface area contributed by atoms with Crippen molar-refractivity contribution in [1.29, 1.82) is 0 Å². The second-order valence-corrected chi connectivity index (χ2v) is 8.21. The predicted molar refractivity (Wildman–Crippen MR) is 112 cm³/mol. The molecule has 0 saturated carbocycles. The van der Waals surface area contributed by atoms with E-state index in [1.807, 2.05) is 0 Å². The number of alkyl halides is 6. The quantitative estimate of drug-likeness (QED) is 0.509. The van der Waals surface area contributed by atoms with Gasteiger partial charge in [0.2, 0.25) is 0 Å². The van der Waals surface area contributed by atoms with Gasteiger partial charge in [-0.3, -0.25) is 4.79 Å². The summed E-state index contributed by atoms with van der Waals surface area (Å²) in [6.07, 6.45) is -10.2. The summed E-state index contributed by atoms with van der Waals surface area (Å²) in [5.41, 5.74) is -2.04. The number of likely N-dealkylation sites (tertiary alicyclic amines) is 1. The van der Waals surface area contributed by atoms with E-state index in [9.17, 15) is 36.2 Å². The summed E-state index contributed by atoms with van der Waals surface area (Å²) in [5, 5.41) is 9.61. The molecule has 4 nitrogen and oxygen atoms in total. The van der Waals surface area contributed by atoms with Crippen molar-refractivity contribution < 1.29 is 36.2 Å². The minimum absolute atomic E-state index is 0.0395. The van der Waals surface area contributed by atoms with Gasteiger partial charge in [0.25, 0.3) is 5.91 Å². The van der Waals surface area contributed by atoms with Crippen molar-refractivity contribution in [1.82, 2.24) is 9.47 Å². The van der Waals surface area contributed by atoms with Gasteiger partial charge in [0.15, 0.2) is 0 Å². The summed E-state index contributed by atoms with van der Waals surface area (Å²) in [6.45, 7) is 0.859. The number of β-amino-alcohol motifs (C(OH)–C–C–N with tert-alkyl or cyclic N) is 1. The summed E-state index contributed by atoms with van der Waals surface area (Å²) >= 11 is 0. The topological polar surface area (TPSA) is 45.5 Å². The monoisotopic (exact) mass is 482 g/mol. The maximum atomic E-state index is 14.2. The first-order chi connectivity index (χ1) is 15.9. The van der Waals surface area contributed by atoms with E-state index in [1.165, 1.54) is 11.8 Å². The fourth-order valence-electron chi connectivity index (χ4n) is 4.21. The van der Waals surface area contributed by atoms with Crippen molar-refractivity contribution in [3.05, 3.63) is 82.7 Å². The van der Waals surface area contributed by atoms with E-state index in [4.69, 9.17) is 0 Å². The van der Waals surface area contributed by atoms with Crippen LogP contribution in [0.15, 0.2) is 54.6 Å². The van der Waals surface area contributed by atoms with E-state index in [1.54, 1.807) is 30.3 Å². The Morgan fingerprint density at radius 3 is 2.03 bits per heavy atom. The lowest BCUT2D eigenvalue weighted by Gasteiger charge is -2.36. The zero-order valence-corrected chi connectivity index (χ0v) is 17.9. The molecule has 0 aliphatic carbocycles. The van der Waals surface area contributed by atoms with Crippen LogP contribution >= 0.6 is 0 Å². The van der Waals surface area contributed by atoms with Crippen molar-refractivity contribution in [2.75, 3.05) is 13.1 Å². The predicted octanol–water partition coefficient (Wildman–Crippen LogP) is 5.37. The number of rotatable bonds is 4. The van der Waals surface area contributed by atoms with E-state index >= 15 is 0 Å². The third-order valence-corrected chi connectivity index (χ3v) is 5.81. The lowest BCUT2D eigenvalue weighted by Crippen LogP contribution is -2.54. The molecule has 4 rings (SSSR count). The standard InChI is InChI=1S/C24H20F6N2O2/c1-14-19(16-7-9-17(10-8-16)23(25,26)27)20(22(34)31-12-18(33)13-31)32(21(14)24(28,29)30)11-15-5-3-2-4-6-15/h2-10,18,33H,11-13H2,1H3. The van der Waals surface area contributed by atoms with E-state index in [0.717, 1.165) is 28.8 Å². The maximum absolute atomic E-state index is 14.2. The van der Waals surface area contributed by atoms with Gasteiger partial charge in [-0.1, -0.05) is 42.5 Å². The maximum Gasteiger partial charge on any atom is 0.431 e. The number of amides is 1. The lowest BCUT2D eigenvalue weighted by molar-refractivity contribution is -0.144. The first kappa shape index (κ1) is 23.9. The molecule has 0 spiro atoms.